The molecule has 0 atom stereocenters. The van der Waals surface area contributed by atoms with Crippen molar-refractivity contribution in [2.45, 2.75) is 0 Å². The minimum Gasteiger partial charge on any atom is -0.466 e. The number of carbonyl (C=O) groups excluding carboxylic acids is 2. The van der Waals surface area contributed by atoms with Gasteiger partial charge in [-0.3, -0.25) is 9.59 Å². The molecule has 6 heteroatoms. The highest BCUT2D eigenvalue weighted by Crippen LogP contribution is 2.11. The maximum atomic E-state index is 11.1. The topological polar surface area (TPSA) is 79.8 Å². The minimum atomic E-state index is -0.284. The molecule has 1 aromatic carbocycles. The van der Waals surface area contributed by atoms with Crippen LogP contribution in [-0.2, 0) is 14.3 Å². The monoisotopic (exact) mass is 245 g/mol. The molecular weight excluding hydrogens is 234 g/mol. The fourth-order valence-electron chi connectivity index (χ4n) is 1.35. The summed E-state index contributed by atoms with van der Waals surface area (Å²) in [5.41, 5.74) is 3.68. The van der Waals surface area contributed by atoms with E-state index >= 15 is 0 Å². The second kappa shape index (κ2) is 5.13. The Morgan fingerprint density at radius 3 is 2.72 bits per heavy atom. The van der Waals surface area contributed by atoms with Gasteiger partial charge < -0.3 is 10.1 Å². The highest BCUT2D eigenvalue weighted by molar-refractivity contribution is 6.00. The Labute approximate surface area is 103 Å². The number of nitrogens with one attached hydrogen (secondary N) is 2. The number of rotatable bonds is 3. The minimum absolute atomic E-state index is 0.0478. The van der Waals surface area contributed by atoms with Crippen LogP contribution < -0.4 is 10.7 Å². The lowest BCUT2D eigenvalue weighted by Crippen LogP contribution is -2.32. The van der Waals surface area contributed by atoms with Gasteiger partial charge in [0.1, 0.15) is 0 Å². The van der Waals surface area contributed by atoms with E-state index in [1.54, 1.807) is 24.3 Å². The molecule has 0 spiro atoms. The molecule has 0 fully saturated rings. The van der Waals surface area contributed by atoms with E-state index in [-0.39, 0.29) is 18.4 Å². The van der Waals surface area contributed by atoms with Crippen molar-refractivity contribution in [3.05, 3.63) is 42.5 Å². The number of hydrogen-bond donors (Lipinski definition) is 2. The molecule has 0 radical (unpaired) electrons. The molecule has 0 saturated heterocycles. The molecular formula is C12H11N3O3. The first-order valence-electron chi connectivity index (χ1n) is 5.22. The molecule has 1 aliphatic rings. The number of carbonyl (C=O) groups is 2. The van der Waals surface area contributed by atoms with E-state index in [1.807, 2.05) is 0 Å². The van der Waals surface area contributed by atoms with Crippen LogP contribution in [0.3, 0.4) is 0 Å². The van der Waals surface area contributed by atoms with Crippen LogP contribution >= 0.6 is 0 Å². The van der Waals surface area contributed by atoms with Crippen molar-refractivity contribution in [3.8, 4) is 0 Å². The van der Waals surface area contributed by atoms with Crippen LogP contribution in [0, 0.1) is 0 Å². The molecule has 0 saturated carbocycles. The molecule has 0 aromatic heterocycles. The van der Waals surface area contributed by atoms with E-state index in [1.165, 1.54) is 6.08 Å². The summed E-state index contributed by atoms with van der Waals surface area (Å²) < 4.78 is 5.15. The van der Waals surface area contributed by atoms with Gasteiger partial charge in [0.15, 0.2) is 6.61 Å². The zero-order chi connectivity index (χ0) is 13.0. The first-order chi connectivity index (χ1) is 8.69. The fourth-order valence-corrected chi connectivity index (χ4v) is 1.35. The van der Waals surface area contributed by atoms with Crippen molar-refractivity contribution >= 4 is 23.4 Å². The Bertz CT molecular complexity index is 520. The summed E-state index contributed by atoms with van der Waals surface area (Å²) in [6.07, 6.45) is 1.19. The predicted octanol–water partition coefficient (Wildman–Crippen LogP) is 0.619. The quantitative estimate of drug-likeness (QED) is 0.766. The number of nitrogens with zero attached hydrogens (tertiary/aromatic N) is 1. The number of amides is 2. The van der Waals surface area contributed by atoms with Crippen molar-refractivity contribution in [2.75, 3.05) is 11.9 Å². The van der Waals surface area contributed by atoms with Gasteiger partial charge in [-0.2, -0.15) is 0 Å². The Morgan fingerprint density at radius 2 is 2.17 bits per heavy atom. The summed E-state index contributed by atoms with van der Waals surface area (Å²) in [6.45, 7) is 3.32. The third-order valence-corrected chi connectivity index (χ3v) is 2.21. The van der Waals surface area contributed by atoms with Gasteiger partial charge in [-0.25, -0.2) is 5.43 Å². The summed E-state index contributed by atoms with van der Waals surface area (Å²) in [5, 5.41) is 6.40. The van der Waals surface area contributed by atoms with Gasteiger partial charge in [0.25, 0.3) is 5.91 Å². The molecule has 1 aromatic rings. The molecule has 1 heterocycles. The largest absolute Gasteiger partial charge is 0.466 e. The van der Waals surface area contributed by atoms with Crippen LogP contribution in [0.25, 0.3) is 0 Å². The fraction of sp³-hybridized carbons (Fsp3) is 0.0833. The van der Waals surface area contributed by atoms with Gasteiger partial charge in [0.2, 0.25) is 11.8 Å². The van der Waals surface area contributed by atoms with E-state index in [0.29, 0.717) is 17.1 Å². The van der Waals surface area contributed by atoms with E-state index in [9.17, 15) is 9.59 Å². The summed E-state index contributed by atoms with van der Waals surface area (Å²) in [4.78, 5) is 21.9. The number of ether oxygens (including phenoxy) is 1. The Kier molecular flexibility index (Phi) is 3.38. The second-order valence-electron chi connectivity index (χ2n) is 3.51. The Morgan fingerprint density at radius 1 is 1.44 bits per heavy atom. The smallest absolute Gasteiger partial charge is 0.278 e. The Hall–Kier alpha value is -2.63. The number of hydrazone groups is 1. The van der Waals surface area contributed by atoms with Crippen LogP contribution in [-0.4, -0.2) is 24.3 Å². The zero-order valence-electron chi connectivity index (χ0n) is 9.47. The van der Waals surface area contributed by atoms with Crippen molar-refractivity contribution in [1.82, 2.24) is 5.43 Å². The normalized spacial score (nSPS) is 14.0. The molecule has 0 aliphatic carbocycles. The van der Waals surface area contributed by atoms with E-state index in [0.717, 1.165) is 0 Å². The lowest BCUT2D eigenvalue weighted by atomic mass is 10.2. The maximum Gasteiger partial charge on any atom is 0.278 e. The van der Waals surface area contributed by atoms with Crippen molar-refractivity contribution in [3.63, 3.8) is 0 Å². The molecule has 92 valence electrons. The summed E-state index contributed by atoms with van der Waals surface area (Å²) in [5.74, 6) is -0.217. The van der Waals surface area contributed by atoms with Gasteiger partial charge in [-0.15, -0.1) is 5.10 Å². The molecule has 6 nitrogen and oxygen atoms in total. The van der Waals surface area contributed by atoms with Gasteiger partial charge in [0, 0.05) is 11.3 Å². The SMILES string of the molecule is C=CC(=O)Nc1ccc(C2=NNC(=O)CO2)cc1. The van der Waals surface area contributed by atoms with Crippen molar-refractivity contribution in [2.24, 2.45) is 5.10 Å². The maximum absolute atomic E-state index is 11.1. The Balaban J connectivity index is 2.10. The standard InChI is InChI=1S/C12H11N3O3/c1-2-10(16)13-9-5-3-8(4-6-9)12-15-14-11(17)7-18-12/h2-6H,1,7H2,(H,13,16)(H,14,17). The number of benzene rings is 1. The highest BCUT2D eigenvalue weighted by atomic mass is 16.5. The van der Waals surface area contributed by atoms with E-state index in [2.05, 4.69) is 22.4 Å². The third-order valence-electron chi connectivity index (χ3n) is 2.21. The third kappa shape index (κ3) is 2.73. The molecule has 2 amide bonds. The molecule has 18 heavy (non-hydrogen) atoms. The highest BCUT2D eigenvalue weighted by Gasteiger charge is 2.13. The van der Waals surface area contributed by atoms with Crippen LogP contribution in [0.15, 0.2) is 42.0 Å². The van der Waals surface area contributed by atoms with Crippen LogP contribution in [0.4, 0.5) is 5.69 Å². The van der Waals surface area contributed by atoms with Gasteiger partial charge in [-0.1, -0.05) is 6.58 Å². The van der Waals surface area contributed by atoms with Gasteiger partial charge in [-0.05, 0) is 30.3 Å². The lowest BCUT2D eigenvalue weighted by Gasteiger charge is -2.13. The molecule has 1 aliphatic heterocycles. The van der Waals surface area contributed by atoms with Crippen LogP contribution in [0.2, 0.25) is 0 Å². The van der Waals surface area contributed by atoms with E-state index < -0.39 is 0 Å². The molecule has 2 N–H and O–H groups in total. The van der Waals surface area contributed by atoms with Crippen LogP contribution in [0.1, 0.15) is 5.56 Å². The van der Waals surface area contributed by atoms with Crippen LogP contribution in [0.5, 0.6) is 0 Å². The molecule has 0 bridgehead atoms. The predicted molar refractivity (Wildman–Crippen MR) is 65.9 cm³/mol. The molecule has 2 rings (SSSR count). The number of hydrogen-bond acceptors (Lipinski definition) is 4. The van der Waals surface area contributed by atoms with Gasteiger partial charge in [0.05, 0.1) is 0 Å². The second-order valence-corrected chi connectivity index (χ2v) is 3.51. The van der Waals surface area contributed by atoms with Gasteiger partial charge >= 0.3 is 0 Å². The average molecular weight is 245 g/mol. The van der Waals surface area contributed by atoms with Crippen molar-refractivity contribution < 1.29 is 14.3 Å². The number of anilines is 1. The summed E-state index contributed by atoms with van der Waals surface area (Å²) in [6, 6.07) is 6.88. The molecule has 0 unspecified atom stereocenters. The first kappa shape index (κ1) is 11.8. The summed E-state index contributed by atoms with van der Waals surface area (Å²) in [7, 11) is 0. The zero-order valence-corrected chi connectivity index (χ0v) is 9.47. The summed E-state index contributed by atoms with van der Waals surface area (Å²) >= 11 is 0. The average Bonchev–Trinajstić information content (AvgIpc) is 2.40. The first-order valence-corrected chi connectivity index (χ1v) is 5.22. The van der Waals surface area contributed by atoms with Crippen molar-refractivity contribution in [1.29, 1.82) is 0 Å². The van der Waals surface area contributed by atoms with E-state index in [4.69, 9.17) is 4.74 Å². The lowest BCUT2D eigenvalue weighted by molar-refractivity contribution is -0.124.